The maximum atomic E-state index is 4.92. The Labute approximate surface area is 45.5 Å². The third kappa shape index (κ3) is 0.318. The number of fused-ring (bicyclic) bond motifs is 1. The zero-order chi connectivity index (χ0) is 5.40. The summed E-state index contributed by atoms with van der Waals surface area (Å²) in [6, 6.07) is 0. The fourth-order valence-corrected chi connectivity index (χ4v) is 0.626. The number of rotatable bonds is 0. The molecule has 1 aromatic rings. The molecule has 0 saturated heterocycles. The Bertz CT molecular complexity index is 177. The number of anilines is 1. The molecule has 2 rings (SSSR count). The molecule has 0 spiro atoms. The third-order valence-electron chi connectivity index (χ3n) is 0.976. The normalized spacial score (nSPS) is 14.5. The average molecular weight is 112 g/mol. The first-order valence-electron chi connectivity index (χ1n) is 2.27. The van der Waals surface area contributed by atoms with Crippen LogP contribution >= 0.6 is 0 Å². The van der Waals surface area contributed by atoms with E-state index < -0.39 is 0 Å². The van der Waals surface area contributed by atoms with Gasteiger partial charge in [-0.1, -0.05) is 0 Å². The van der Waals surface area contributed by atoms with Crippen molar-refractivity contribution in [3.05, 3.63) is 6.39 Å². The predicted molar refractivity (Wildman–Crippen MR) is 25.6 cm³/mol. The second-order valence-electron chi connectivity index (χ2n) is 1.45. The van der Waals surface area contributed by atoms with Crippen LogP contribution in [0.4, 0.5) is 5.88 Å². The Morgan fingerprint density at radius 2 is 2.75 bits per heavy atom. The molecule has 42 valence electrons. The fraction of sp³-hybridized carbons (Fsp3) is 0.250. The Morgan fingerprint density at radius 1 is 1.75 bits per heavy atom. The van der Waals surface area contributed by atoms with Crippen LogP contribution in [0.1, 0.15) is 0 Å². The lowest BCUT2D eigenvalue weighted by Gasteiger charge is -1.84. The molecule has 2 heterocycles. The van der Waals surface area contributed by atoms with Gasteiger partial charge in [0.05, 0.1) is 0 Å². The molecule has 0 atom stereocenters. The Kier molecular flexibility index (Phi) is 0.542. The van der Waals surface area contributed by atoms with Gasteiger partial charge in [0.25, 0.3) is 11.8 Å². The molecule has 0 amide bonds. The van der Waals surface area contributed by atoms with Crippen molar-refractivity contribution < 1.29 is 9.15 Å². The molecule has 0 radical (unpaired) electrons. The van der Waals surface area contributed by atoms with Crippen molar-refractivity contribution >= 4 is 5.88 Å². The van der Waals surface area contributed by atoms with Crippen molar-refractivity contribution in [1.29, 1.82) is 0 Å². The second-order valence-corrected chi connectivity index (χ2v) is 1.45. The number of aromatic nitrogens is 1. The topological polar surface area (TPSA) is 47.3 Å². The number of hydrogen-bond donors (Lipinski definition) is 1. The van der Waals surface area contributed by atoms with E-state index in [1.807, 2.05) is 0 Å². The fourth-order valence-electron chi connectivity index (χ4n) is 0.626. The number of nitrogens with zero attached hydrogens (tertiary/aromatic N) is 1. The van der Waals surface area contributed by atoms with Gasteiger partial charge in [-0.2, -0.15) is 4.98 Å². The van der Waals surface area contributed by atoms with Crippen molar-refractivity contribution in [2.75, 3.05) is 12.0 Å². The largest absolute Gasteiger partial charge is 0.453 e. The molecule has 0 saturated carbocycles. The molecule has 4 heteroatoms. The average Bonchev–Trinajstić information content (AvgIpc) is 2.15. The van der Waals surface area contributed by atoms with E-state index in [1.54, 1.807) is 0 Å². The summed E-state index contributed by atoms with van der Waals surface area (Å²) >= 11 is 0. The summed E-state index contributed by atoms with van der Waals surface area (Å²) in [5.41, 5.74) is 0. The zero-order valence-corrected chi connectivity index (χ0v) is 4.05. The van der Waals surface area contributed by atoms with E-state index in [-0.39, 0.29) is 0 Å². The van der Waals surface area contributed by atoms with E-state index in [9.17, 15) is 0 Å². The van der Waals surface area contributed by atoms with E-state index >= 15 is 0 Å². The summed E-state index contributed by atoms with van der Waals surface area (Å²) in [5, 5.41) is 2.83. The highest BCUT2D eigenvalue weighted by Crippen LogP contribution is 2.25. The summed E-state index contributed by atoms with van der Waals surface area (Å²) in [5.74, 6) is 1.19. The van der Waals surface area contributed by atoms with Crippen molar-refractivity contribution in [2.45, 2.75) is 0 Å². The zero-order valence-electron chi connectivity index (χ0n) is 4.05. The van der Waals surface area contributed by atoms with Crippen LogP contribution in [0.2, 0.25) is 0 Å². The molecule has 0 aromatic carbocycles. The van der Waals surface area contributed by atoms with Gasteiger partial charge in [0.2, 0.25) is 0 Å². The summed E-state index contributed by atoms with van der Waals surface area (Å²) in [6.07, 6.45) is 1.34. The first-order valence-corrected chi connectivity index (χ1v) is 2.27. The van der Waals surface area contributed by atoms with Gasteiger partial charge in [-0.25, -0.2) is 0 Å². The van der Waals surface area contributed by atoms with Crippen LogP contribution in [0.25, 0.3) is 0 Å². The van der Waals surface area contributed by atoms with Crippen molar-refractivity contribution in [1.82, 2.24) is 4.98 Å². The van der Waals surface area contributed by atoms with Crippen LogP contribution in [0.15, 0.2) is 10.8 Å². The van der Waals surface area contributed by atoms with Gasteiger partial charge >= 0.3 is 0 Å². The molecule has 1 aliphatic rings. The van der Waals surface area contributed by atoms with Crippen LogP contribution in [-0.4, -0.2) is 11.7 Å². The van der Waals surface area contributed by atoms with Gasteiger partial charge < -0.3 is 14.5 Å². The first kappa shape index (κ1) is 3.77. The molecule has 1 N–H and O–H groups in total. The minimum atomic E-state index is 0.474. The lowest BCUT2D eigenvalue weighted by atomic mass is 10.8. The highest BCUT2D eigenvalue weighted by Gasteiger charge is 2.14. The molecular weight excluding hydrogens is 108 g/mol. The smallest absolute Gasteiger partial charge is 0.280 e. The second kappa shape index (κ2) is 1.15. The third-order valence-corrected chi connectivity index (χ3v) is 0.976. The molecule has 8 heavy (non-hydrogen) atoms. The maximum Gasteiger partial charge on any atom is 0.280 e. The molecule has 0 fully saturated rings. The van der Waals surface area contributed by atoms with Gasteiger partial charge in [0, 0.05) is 0 Å². The summed E-state index contributed by atoms with van der Waals surface area (Å²) in [6.45, 7) is 0.474. The highest BCUT2D eigenvalue weighted by atomic mass is 16.5. The summed E-state index contributed by atoms with van der Waals surface area (Å²) < 4.78 is 9.75. The predicted octanol–water partition coefficient (Wildman–Crippen LogP) is 0.436. The number of hydrogen-bond acceptors (Lipinski definition) is 4. The Hall–Kier alpha value is -1.19. The minimum Gasteiger partial charge on any atom is -0.453 e. The van der Waals surface area contributed by atoms with Gasteiger partial charge in [0.15, 0.2) is 13.1 Å². The molecule has 1 aliphatic heterocycles. The molecule has 1 aromatic heterocycles. The molecule has 0 bridgehead atoms. The van der Waals surface area contributed by atoms with Gasteiger partial charge in [-0.3, -0.25) is 0 Å². The summed E-state index contributed by atoms with van der Waals surface area (Å²) in [4.78, 5) is 3.75. The van der Waals surface area contributed by atoms with Crippen molar-refractivity contribution in [3.63, 3.8) is 0 Å². The van der Waals surface area contributed by atoms with Gasteiger partial charge in [0.1, 0.15) is 0 Å². The van der Waals surface area contributed by atoms with Crippen LogP contribution in [-0.2, 0) is 0 Å². The molecule has 0 unspecified atom stereocenters. The van der Waals surface area contributed by atoms with Gasteiger partial charge in [-0.05, 0) is 0 Å². The standard InChI is InChI=1S/C4H4N2O2/c1-5-3-4(7-1)6-2-8-3/h1,6H,2H2. The Morgan fingerprint density at radius 3 is 3.62 bits per heavy atom. The number of nitrogens with one attached hydrogen (secondary N) is 1. The Balaban J connectivity index is 2.54. The maximum absolute atomic E-state index is 4.92. The van der Waals surface area contributed by atoms with Crippen molar-refractivity contribution in [3.8, 4) is 5.88 Å². The van der Waals surface area contributed by atoms with Crippen LogP contribution < -0.4 is 10.1 Å². The van der Waals surface area contributed by atoms with E-state index in [4.69, 9.17) is 9.15 Å². The monoisotopic (exact) mass is 112 g/mol. The number of oxazole rings is 1. The van der Waals surface area contributed by atoms with E-state index in [0.29, 0.717) is 18.5 Å². The van der Waals surface area contributed by atoms with Crippen LogP contribution in [0, 0.1) is 0 Å². The molecule has 0 aliphatic carbocycles. The first-order chi connectivity index (χ1) is 3.97. The molecular formula is C4H4N2O2. The highest BCUT2D eigenvalue weighted by molar-refractivity contribution is 5.44. The van der Waals surface area contributed by atoms with E-state index in [1.165, 1.54) is 6.39 Å². The van der Waals surface area contributed by atoms with E-state index in [0.717, 1.165) is 0 Å². The van der Waals surface area contributed by atoms with Crippen molar-refractivity contribution in [2.24, 2.45) is 0 Å². The summed E-state index contributed by atoms with van der Waals surface area (Å²) in [7, 11) is 0. The minimum absolute atomic E-state index is 0.474. The lowest BCUT2D eigenvalue weighted by Crippen LogP contribution is -1.97. The number of ether oxygens (including phenoxy) is 1. The van der Waals surface area contributed by atoms with Crippen LogP contribution in [0.3, 0.4) is 0 Å². The molecule has 4 nitrogen and oxygen atoms in total. The van der Waals surface area contributed by atoms with Crippen LogP contribution in [0.5, 0.6) is 5.88 Å². The SMILES string of the molecule is c1nc2c(o1)NCO2. The van der Waals surface area contributed by atoms with Gasteiger partial charge in [-0.15, -0.1) is 0 Å². The quantitative estimate of drug-likeness (QED) is 0.528. The van der Waals surface area contributed by atoms with E-state index in [2.05, 4.69) is 10.3 Å². The lowest BCUT2D eigenvalue weighted by molar-refractivity contribution is 0.359.